The summed E-state index contributed by atoms with van der Waals surface area (Å²) in [7, 11) is 3.24. The van der Waals surface area contributed by atoms with Crippen LogP contribution in [0, 0.1) is 0 Å². The first-order valence-electron chi connectivity index (χ1n) is 9.76. The third kappa shape index (κ3) is 3.70. The molecule has 5 nitrogen and oxygen atoms in total. The number of rotatable bonds is 6. The van der Waals surface area contributed by atoms with Crippen LogP contribution in [-0.2, 0) is 24.1 Å². The lowest BCUT2D eigenvalue weighted by atomic mass is 9.91. The minimum Gasteiger partial charge on any atom is -0.493 e. The summed E-state index contributed by atoms with van der Waals surface area (Å²) in [5.41, 5.74) is 4.92. The van der Waals surface area contributed by atoms with Crippen molar-refractivity contribution in [1.29, 1.82) is 0 Å². The number of methoxy groups -OCH3 is 2. The van der Waals surface area contributed by atoms with Crippen molar-refractivity contribution in [2.24, 2.45) is 0 Å². The number of benzene rings is 2. The number of fused-ring (bicyclic) bond motifs is 3. The Morgan fingerprint density at radius 2 is 1.96 bits per heavy atom. The fourth-order valence-electron chi connectivity index (χ4n) is 4.09. The van der Waals surface area contributed by atoms with Crippen LogP contribution in [0.1, 0.15) is 29.7 Å². The number of carbonyl (C=O) groups excluding carboxylic acids is 1. The SMILES string of the molecule is COc1ccc(CCC(=O)NC2CCc3[nH]c4ccccc4c3C2)cc1OC. The van der Waals surface area contributed by atoms with Crippen molar-refractivity contribution in [2.45, 2.75) is 38.1 Å². The Bertz CT molecular complexity index is 993. The second kappa shape index (κ2) is 7.97. The van der Waals surface area contributed by atoms with Gasteiger partial charge in [-0.3, -0.25) is 4.79 Å². The van der Waals surface area contributed by atoms with Gasteiger partial charge in [0.2, 0.25) is 5.91 Å². The zero-order valence-electron chi connectivity index (χ0n) is 16.4. The zero-order chi connectivity index (χ0) is 19.5. The molecule has 1 atom stereocenters. The van der Waals surface area contributed by atoms with E-state index in [-0.39, 0.29) is 11.9 Å². The molecule has 1 aliphatic carbocycles. The Kier molecular flexibility index (Phi) is 5.24. The van der Waals surface area contributed by atoms with E-state index in [2.05, 4.69) is 34.6 Å². The molecule has 1 amide bonds. The van der Waals surface area contributed by atoms with Crippen molar-refractivity contribution in [3.05, 3.63) is 59.3 Å². The molecule has 5 heteroatoms. The maximum absolute atomic E-state index is 12.5. The summed E-state index contributed by atoms with van der Waals surface area (Å²) in [6, 6.07) is 14.4. The van der Waals surface area contributed by atoms with E-state index in [9.17, 15) is 4.79 Å². The van der Waals surface area contributed by atoms with E-state index in [0.29, 0.717) is 24.3 Å². The number of H-pyrrole nitrogens is 1. The molecule has 0 saturated heterocycles. The van der Waals surface area contributed by atoms with Crippen molar-refractivity contribution < 1.29 is 14.3 Å². The van der Waals surface area contributed by atoms with Crippen LogP contribution in [0.2, 0.25) is 0 Å². The number of aromatic nitrogens is 1. The average Bonchev–Trinajstić information content (AvgIpc) is 3.10. The second-order valence-electron chi connectivity index (χ2n) is 7.32. The van der Waals surface area contributed by atoms with Crippen LogP contribution >= 0.6 is 0 Å². The molecular formula is C23H26N2O3. The van der Waals surface area contributed by atoms with Crippen LogP contribution < -0.4 is 14.8 Å². The summed E-state index contributed by atoms with van der Waals surface area (Å²) >= 11 is 0. The Morgan fingerprint density at radius 1 is 1.14 bits per heavy atom. The summed E-state index contributed by atoms with van der Waals surface area (Å²) < 4.78 is 10.6. The number of aromatic amines is 1. The molecule has 0 saturated carbocycles. The van der Waals surface area contributed by atoms with Crippen molar-refractivity contribution >= 4 is 16.8 Å². The third-order valence-electron chi connectivity index (χ3n) is 5.55. The number of hydrogen-bond donors (Lipinski definition) is 2. The largest absolute Gasteiger partial charge is 0.493 e. The molecule has 0 radical (unpaired) electrons. The van der Waals surface area contributed by atoms with E-state index in [1.165, 1.54) is 22.2 Å². The van der Waals surface area contributed by atoms with Gasteiger partial charge in [-0.1, -0.05) is 24.3 Å². The third-order valence-corrected chi connectivity index (χ3v) is 5.55. The highest BCUT2D eigenvalue weighted by Gasteiger charge is 2.23. The number of para-hydroxylation sites is 1. The molecule has 4 rings (SSSR count). The summed E-state index contributed by atoms with van der Waals surface area (Å²) in [4.78, 5) is 16.0. The first-order valence-corrected chi connectivity index (χ1v) is 9.76. The minimum absolute atomic E-state index is 0.100. The monoisotopic (exact) mass is 378 g/mol. The molecule has 0 bridgehead atoms. The molecule has 1 aliphatic rings. The molecule has 28 heavy (non-hydrogen) atoms. The second-order valence-corrected chi connectivity index (χ2v) is 7.32. The number of carbonyl (C=O) groups is 1. The standard InChI is InChI=1S/C23H26N2O3/c1-27-21-11-7-15(13-22(21)28-2)8-12-23(26)24-16-9-10-20-18(14-16)17-5-3-4-6-19(17)25-20/h3-7,11,13,16,25H,8-10,12,14H2,1-2H3,(H,24,26). The average molecular weight is 378 g/mol. The number of aryl methyl sites for hydroxylation is 2. The maximum Gasteiger partial charge on any atom is 0.220 e. The topological polar surface area (TPSA) is 63.3 Å². The number of nitrogens with one attached hydrogen (secondary N) is 2. The zero-order valence-corrected chi connectivity index (χ0v) is 16.4. The van der Waals surface area contributed by atoms with Gasteiger partial charge in [0.25, 0.3) is 0 Å². The van der Waals surface area contributed by atoms with Gasteiger partial charge in [0.05, 0.1) is 14.2 Å². The summed E-state index contributed by atoms with van der Waals surface area (Å²) in [5, 5.41) is 4.51. The van der Waals surface area contributed by atoms with Crippen LogP contribution in [0.3, 0.4) is 0 Å². The quantitative estimate of drug-likeness (QED) is 0.686. The summed E-state index contributed by atoms with van der Waals surface area (Å²) in [5.74, 6) is 1.50. The van der Waals surface area contributed by atoms with E-state index in [4.69, 9.17) is 9.47 Å². The normalized spacial score (nSPS) is 15.9. The molecule has 1 unspecified atom stereocenters. The van der Waals surface area contributed by atoms with E-state index < -0.39 is 0 Å². The predicted octanol–water partition coefficient (Wildman–Crippen LogP) is 3.79. The number of amides is 1. The molecule has 0 aliphatic heterocycles. The Hall–Kier alpha value is -2.95. The fourth-order valence-corrected chi connectivity index (χ4v) is 4.09. The summed E-state index contributed by atoms with van der Waals surface area (Å²) in [6.07, 6.45) is 3.98. The van der Waals surface area contributed by atoms with Crippen molar-refractivity contribution in [3.63, 3.8) is 0 Å². The lowest BCUT2D eigenvalue weighted by molar-refractivity contribution is -0.121. The van der Waals surface area contributed by atoms with Crippen molar-refractivity contribution in [1.82, 2.24) is 10.3 Å². The van der Waals surface area contributed by atoms with Gasteiger partial charge in [0.1, 0.15) is 0 Å². The molecule has 2 aromatic carbocycles. The van der Waals surface area contributed by atoms with Gasteiger partial charge in [-0.05, 0) is 55.0 Å². The Balaban J connectivity index is 1.36. The molecule has 0 fully saturated rings. The smallest absolute Gasteiger partial charge is 0.220 e. The van der Waals surface area contributed by atoms with E-state index in [1.807, 2.05) is 18.2 Å². The summed E-state index contributed by atoms with van der Waals surface area (Å²) in [6.45, 7) is 0. The lowest BCUT2D eigenvalue weighted by Crippen LogP contribution is -2.38. The number of ether oxygens (including phenoxy) is 2. The van der Waals surface area contributed by atoms with Crippen LogP contribution in [0.15, 0.2) is 42.5 Å². The highest BCUT2D eigenvalue weighted by Crippen LogP contribution is 2.30. The maximum atomic E-state index is 12.5. The molecule has 146 valence electrons. The predicted molar refractivity (Wildman–Crippen MR) is 110 cm³/mol. The van der Waals surface area contributed by atoms with E-state index in [0.717, 1.165) is 24.8 Å². The van der Waals surface area contributed by atoms with Crippen LogP contribution in [-0.4, -0.2) is 31.2 Å². The fraction of sp³-hybridized carbons (Fsp3) is 0.348. The highest BCUT2D eigenvalue weighted by molar-refractivity contribution is 5.85. The molecule has 1 heterocycles. The van der Waals surface area contributed by atoms with E-state index >= 15 is 0 Å². The van der Waals surface area contributed by atoms with Crippen LogP contribution in [0.5, 0.6) is 11.5 Å². The van der Waals surface area contributed by atoms with E-state index in [1.54, 1.807) is 14.2 Å². The minimum atomic E-state index is 0.100. The molecular weight excluding hydrogens is 352 g/mol. The molecule has 3 aromatic rings. The van der Waals surface area contributed by atoms with Crippen LogP contribution in [0.4, 0.5) is 0 Å². The van der Waals surface area contributed by atoms with Gasteiger partial charge < -0.3 is 19.8 Å². The molecule has 2 N–H and O–H groups in total. The first-order chi connectivity index (χ1) is 13.7. The van der Waals surface area contributed by atoms with Crippen molar-refractivity contribution in [3.8, 4) is 11.5 Å². The van der Waals surface area contributed by atoms with Gasteiger partial charge in [-0.15, -0.1) is 0 Å². The van der Waals surface area contributed by atoms with Gasteiger partial charge >= 0.3 is 0 Å². The Morgan fingerprint density at radius 3 is 2.79 bits per heavy atom. The lowest BCUT2D eigenvalue weighted by Gasteiger charge is -2.23. The Labute approximate surface area is 165 Å². The first kappa shape index (κ1) is 18.4. The van der Waals surface area contributed by atoms with Gasteiger partial charge in [0.15, 0.2) is 11.5 Å². The molecule has 1 aromatic heterocycles. The highest BCUT2D eigenvalue weighted by atomic mass is 16.5. The van der Waals surface area contributed by atoms with Crippen LogP contribution in [0.25, 0.3) is 10.9 Å². The van der Waals surface area contributed by atoms with Gasteiger partial charge in [-0.25, -0.2) is 0 Å². The van der Waals surface area contributed by atoms with Gasteiger partial charge in [0, 0.05) is 29.1 Å². The van der Waals surface area contributed by atoms with Gasteiger partial charge in [-0.2, -0.15) is 0 Å². The van der Waals surface area contributed by atoms with Crippen molar-refractivity contribution in [2.75, 3.05) is 14.2 Å². The number of hydrogen-bond acceptors (Lipinski definition) is 3. The molecule has 0 spiro atoms.